The first-order valence-electron chi connectivity index (χ1n) is 4.74. The van der Waals surface area contributed by atoms with E-state index in [1.807, 2.05) is 6.92 Å². The van der Waals surface area contributed by atoms with Crippen LogP contribution in [0.5, 0.6) is 5.75 Å². The smallest absolute Gasteiger partial charge is 0.188 e. The fourth-order valence-corrected chi connectivity index (χ4v) is 1.17. The minimum absolute atomic E-state index is 0.0408. The first-order valence-corrected chi connectivity index (χ1v) is 4.74. The summed E-state index contributed by atoms with van der Waals surface area (Å²) in [7, 11) is 1.37. The minimum Gasteiger partial charge on any atom is -0.494 e. The Kier molecular flexibility index (Phi) is 4.03. The molecule has 0 aliphatic carbocycles. The molecule has 0 N–H and O–H groups in total. The van der Waals surface area contributed by atoms with Crippen molar-refractivity contribution in [3.8, 4) is 5.75 Å². The Morgan fingerprint density at radius 3 is 2.87 bits per heavy atom. The van der Waals surface area contributed by atoms with Crippen LogP contribution in [0.15, 0.2) is 30.4 Å². The third kappa shape index (κ3) is 2.65. The summed E-state index contributed by atoms with van der Waals surface area (Å²) >= 11 is 0. The highest BCUT2D eigenvalue weighted by atomic mass is 19.1. The highest BCUT2D eigenvalue weighted by Gasteiger charge is 2.12. The molecule has 0 spiro atoms. The summed E-state index contributed by atoms with van der Waals surface area (Å²) in [5, 5.41) is 0. The Hall–Kier alpha value is -1.64. The maximum Gasteiger partial charge on any atom is 0.188 e. The average Bonchev–Trinajstić information content (AvgIpc) is 2.26. The van der Waals surface area contributed by atoms with Gasteiger partial charge in [0.05, 0.1) is 12.7 Å². The van der Waals surface area contributed by atoms with Crippen molar-refractivity contribution in [3.05, 3.63) is 41.7 Å². The number of ether oxygens (including phenoxy) is 1. The van der Waals surface area contributed by atoms with E-state index in [9.17, 15) is 9.18 Å². The topological polar surface area (TPSA) is 26.3 Å². The molecular weight excluding hydrogens is 195 g/mol. The SMILES string of the molecule is CC/C=C/C(=O)c1cccc(OC)c1F. The lowest BCUT2D eigenvalue weighted by Crippen LogP contribution is -2.00. The predicted molar refractivity (Wildman–Crippen MR) is 56.7 cm³/mol. The lowest BCUT2D eigenvalue weighted by atomic mass is 10.1. The van der Waals surface area contributed by atoms with Gasteiger partial charge in [-0.05, 0) is 24.6 Å². The summed E-state index contributed by atoms with van der Waals surface area (Å²) in [6, 6.07) is 4.52. The molecule has 80 valence electrons. The number of hydrogen-bond donors (Lipinski definition) is 0. The van der Waals surface area contributed by atoms with Gasteiger partial charge in [-0.25, -0.2) is 4.39 Å². The summed E-state index contributed by atoms with van der Waals surface area (Å²) in [6.07, 6.45) is 3.82. The van der Waals surface area contributed by atoms with Crippen molar-refractivity contribution in [2.75, 3.05) is 7.11 Å². The van der Waals surface area contributed by atoms with E-state index in [4.69, 9.17) is 4.74 Å². The van der Waals surface area contributed by atoms with Gasteiger partial charge in [-0.3, -0.25) is 4.79 Å². The summed E-state index contributed by atoms with van der Waals surface area (Å²) in [4.78, 5) is 11.5. The molecule has 1 rings (SSSR count). The standard InChI is InChI=1S/C12H13FO2/c1-3-4-7-10(14)9-6-5-8-11(15-2)12(9)13/h4-8H,3H2,1-2H3/b7-4+. The van der Waals surface area contributed by atoms with Gasteiger partial charge in [0.15, 0.2) is 17.3 Å². The van der Waals surface area contributed by atoms with Gasteiger partial charge in [0, 0.05) is 0 Å². The summed E-state index contributed by atoms with van der Waals surface area (Å²) in [5.41, 5.74) is 0.0408. The maximum absolute atomic E-state index is 13.6. The number of halogens is 1. The Balaban J connectivity index is 3.04. The maximum atomic E-state index is 13.6. The van der Waals surface area contributed by atoms with E-state index in [0.29, 0.717) is 0 Å². The molecule has 0 atom stereocenters. The number of rotatable bonds is 4. The van der Waals surface area contributed by atoms with Gasteiger partial charge in [0.1, 0.15) is 0 Å². The van der Waals surface area contributed by atoms with Crippen molar-refractivity contribution in [3.63, 3.8) is 0 Å². The normalized spacial score (nSPS) is 10.6. The molecule has 0 saturated carbocycles. The molecule has 3 heteroatoms. The van der Waals surface area contributed by atoms with Crippen LogP contribution in [0.2, 0.25) is 0 Å². The average molecular weight is 208 g/mol. The van der Waals surface area contributed by atoms with E-state index in [1.165, 1.54) is 25.3 Å². The molecule has 0 aliphatic rings. The Morgan fingerprint density at radius 1 is 1.53 bits per heavy atom. The zero-order chi connectivity index (χ0) is 11.3. The molecule has 0 fully saturated rings. The summed E-state index contributed by atoms with van der Waals surface area (Å²) in [6.45, 7) is 1.91. The summed E-state index contributed by atoms with van der Waals surface area (Å²) < 4.78 is 18.4. The molecule has 0 heterocycles. The van der Waals surface area contributed by atoms with E-state index in [2.05, 4.69) is 0 Å². The van der Waals surface area contributed by atoms with E-state index < -0.39 is 5.82 Å². The van der Waals surface area contributed by atoms with Gasteiger partial charge < -0.3 is 4.74 Å². The second-order valence-corrected chi connectivity index (χ2v) is 3.00. The van der Waals surface area contributed by atoms with Crippen LogP contribution in [-0.4, -0.2) is 12.9 Å². The second kappa shape index (κ2) is 5.29. The van der Waals surface area contributed by atoms with Crippen LogP contribution in [-0.2, 0) is 0 Å². The van der Waals surface area contributed by atoms with Crippen molar-refractivity contribution < 1.29 is 13.9 Å². The van der Waals surface area contributed by atoms with Crippen molar-refractivity contribution in [2.45, 2.75) is 13.3 Å². The second-order valence-electron chi connectivity index (χ2n) is 3.00. The lowest BCUT2D eigenvalue weighted by Gasteiger charge is -2.04. The van der Waals surface area contributed by atoms with Gasteiger partial charge in [0.25, 0.3) is 0 Å². The van der Waals surface area contributed by atoms with Crippen LogP contribution in [0.1, 0.15) is 23.7 Å². The minimum atomic E-state index is -0.606. The number of carbonyl (C=O) groups is 1. The van der Waals surface area contributed by atoms with Gasteiger partial charge in [-0.1, -0.05) is 19.1 Å². The number of hydrogen-bond acceptors (Lipinski definition) is 2. The van der Waals surface area contributed by atoms with E-state index in [-0.39, 0.29) is 17.1 Å². The molecule has 0 amide bonds. The fraction of sp³-hybridized carbons (Fsp3) is 0.250. The van der Waals surface area contributed by atoms with E-state index in [0.717, 1.165) is 6.42 Å². The molecule has 1 aromatic rings. The molecule has 0 radical (unpaired) electrons. The van der Waals surface area contributed by atoms with Crippen LogP contribution < -0.4 is 4.74 Å². The lowest BCUT2D eigenvalue weighted by molar-refractivity contribution is 0.104. The van der Waals surface area contributed by atoms with Crippen LogP contribution in [0, 0.1) is 5.82 Å². The molecule has 1 aromatic carbocycles. The van der Waals surface area contributed by atoms with Gasteiger partial charge in [0.2, 0.25) is 0 Å². The van der Waals surface area contributed by atoms with Gasteiger partial charge in [-0.2, -0.15) is 0 Å². The Bertz CT molecular complexity index is 383. The summed E-state index contributed by atoms with van der Waals surface area (Å²) in [5.74, 6) is -0.857. The zero-order valence-electron chi connectivity index (χ0n) is 8.79. The van der Waals surface area contributed by atoms with Crippen LogP contribution in [0.4, 0.5) is 4.39 Å². The van der Waals surface area contributed by atoms with Crippen LogP contribution in [0.25, 0.3) is 0 Å². The Morgan fingerprint density at radius 2 is 2.27 bits per heavy atom. The quantitative estimate of drug-likeness (QED) is 0.561. The number of benzene rings is 1. The van der Waals surface area contributed by atoms with E-state index >= 15 is 0 Å². The van der Waals surface area contributed by atoms with Crippen LogP contribution in [0.3, 0.4) is 0 Å². The highest BCUT2D eigenvalue weighted by Crippen LogP contribution is 2.20. The number of ketones is 1. The van der Waals surface area contributed by atoms with Gasteiger partial charge in [-0.15, -0.1) is 0 Å². The largest absolute Gasteiger partial charge is 0.494 e. The molecule has 0 unspecified atom stereocenters. The van der Waals surface area contributed by atoms with Crippen molar-refractivity contribution in [1.82, 2.24) is 0 Å². The van der Waals surface area contributed by atoms with Crippen molar-refractivity contribution >= 4 is 5.78 Å². The number of allylic oxidation sites excluding steroid dienone is 2. The first kappa shape index (κ1) is 11.4. The fourth-order valence-electron chi connectivity index (χ4n) is 1.17. The molecule has 0 aliphatic heterocycles. The molecule has 0 aromatic heterocycles. The molecule has 15 heavy (non-hydrogen) atoms. The zero-order valence-corrected chi connectivity index (χ0v) is 8.79. The predicted octanol–water partition coefficient (Wildman–Crippen LogP) is 2.98. The number of methoxy groups -OCH3 is 1. The molecule has 0 bridgehead atoms. The number of carbonyl (C=O) groups excluding carboxylic acids is 1. The molecule has 0 saturated heterocycles. The van der Waals surface area contributed by atoms with Crippen molar-refractivity contribution in [1.29, 1.82) is 0 Å². The molecule has 2 nitrogen and oxygen atoms in total. The Labute approximate surface area is 88.4 Å². The first-order chi connectivity index (χ1) is 7.20. The monoisotopic (exact) mass is 208 g/mol. The van der Waals surface area contributed by atoms with Gasteiger partial charge >= 0.3 is 0 Å². The molecular formula is C12H13FO2. The van der Waals surface area contributed by atoms with Crippen LogP contribution >= 0.6 is 0 Å². The highest BCUT2D eigenvalue weighted by molar-refractivity contribution is 6.04. The third-order valence-electron chi connectivity index (χ3n) is 1.95. The third-order valence-corrected chi connectivity index (χ3v) is 1.95. The van der Waals surface area contributed by atoms with E-state index in [1.54, 1.807) is 12.1 Å². The van der Waals surface area contributed by atoms with Crippen molar-refractivity contribution in [2.24, 2.45) is 0 Å².